The van der Waals surface area contributed by atoms with Crippen molar-refractivity contribution in [2.24, 2.45) is 0 Å². The molecular weight excluding hydrogens is 312 g/mol. The third-order valence-electron chi connectivity index (χ3n) is 3.25. The van der Waals surface area contributed by atoms with E-state index in [-0.39, 0.29) is 24.4 Å². The number of carbonyl (C=O) groups is 2. The Kier molecular flexibility index (Phi) is 5.70. The molecule has 0 spiro atoms. The van der Waals surface area contributed by atoms with Crippen LogP contribution in [0.4, 0.5) is 10.5 Å². The molecule has 3 amide bonds. The first-order chi connectivity index (χ1) is 11.0. The summed E-state index contributed by atoms with van der Waals surface area (Å²) in [7, 11) is 1.59. The van der Waals surface area contributed by atoms with E-state index in [0.717, 1.165) is 16.3 Å². The van der Waals surface area contributed by atoms with E-state index in [4.69, 9.17) is 0 Å². The monoisotopic (exact) mass is 332 g/mol. The zero-order valence-corrected chi connectivity index (χ0v) is 14.2. The molecule has 7 heteroatoms. The number of aromatic nitrogens is 1. The number of anilines is 1. The Bertz CT molecular complexity index is 699. The number of nitrogens with one attached hydrogen (secondary N) is 3. The van der Waals surface area contributed by atoms with Gasteiger partial charge in [0.1, 0.15) is 5.01 Å². The van der Waals surface area contributed by atoms with Crippen LogP contribution in [0.1, 0.15) is 29.2 Å². The van der Waals surface area contributed by atoms with Crippen molar-refractivity contribution >= 4 is 29.0 Å². The average molecular weight is 332 g/mol. The van der Waals surface area contributed by atoms with Gasteiger partial charge >= 0.3 is 6.03 Å². The summed E-state index contributed by atoms with van der Waals surface area (Å²) in [6.45, 7) is 3.80. The number of urea groups is 1. The number of aryl methyl sites for hydroxylation is 1. The molecule has 0 unspecified atom stereocenters. The third kappa shape index (κ3) is 4.79. The highest BCUT2D eigenvalue weighted by Crippen LogP contribution is 2.19. The van der Waals surface area contributed by atoms with E-state index in [1.165, 1.54) is 11.3 Å². The van der Waals surface area contributed by atoms with Crippen LogP contribution in [0.3, 0.4) is 0 Å². The van der Waals surface area contributed by atoms with Crippen LogP contribution in [0.5, 0.6) is 0 Å². The summed E-state index contributed by atoms with van der Waals surface area (Å²) in [6.07, 6.45) is 0.216. The van der Waals surface area contributed by atoms with Crippen LogP contribution in [0.15, 0.2) is 29.6 Å². The van der Waals surface area contributed by atoms with Crippen LogP contribution < -0.4 is 16.0 Å². The number of likely N-dealkylation sites (N-methyl/N-ethyl adjacent to an activating group) is 1. The van der Waals surface area contributed by atoms with Gasteiger partial charge in [-0.25, -0.2) is 9.78 Å². The van der Waals surface area contributed by atoms with E-state index in [9.17, 15) is 9.59 Å². The second-order valence-corrected chi connectivity index (χ2v) is 6.04. The van der Waals surface area contributed by atoms with Gasteiger partial charge in [0.2, 0.25) is 5.91 Å². The van der Waals surface area contributed by atoms with E-state index in [1.54, 1.807) is 13.1 Å². The fraction of sp³-hybridized carbons (Fsp3) is 0.312. The lowest BCUT2D eigenvalue weighted by atomic mass is 10.1. The van der Waals surface area contributed by atoms with Gasteiger partial charge < -0.3 is 16.0 Å². The van der Waals surface area contributed by atoms with E-state index < -0.39 is 0 Å². The lowest BCUT2D eigenvalue weighted by Gasteiger charge is -2.14. The highest BCUT2D eigenvalue weighted by atomic mass is 32.1. The topological polar surface area (TPSA) is 83.1 Å². The summed E-state index contributed by atoms with van der Waals surface area (Å²) in [6, 6.07) is 6.74. The van der Waals surface area contributed by atoms with E-state index in [1.807, 2.05) is 37.4 Å². The lowest BCUT2D eigenvalue weighted by molar-refractivity contribution is -0.119. The quantitative estimate of drug-likeness (QED) is 0.787. The van der Waals surface area contributed by atoms with Crippen LogP contribution >= 0.6 is 11.3 Å². The standard InChI is InChI=1S/C16H20N4O2S/c1-10-9-23-15(18-10)11(2)19-16(22)20-13-7-5-4-6-12(13)8-14(21)17-3/h4-7,9,11H,8H2,1-3H3,(H,17,21)(H2,19,20,22)/t11-/m0/s1. The van der Waals surface area contributed by atoms with Gasteiger partial charge in [0.15, 0.2) is 0 Å². The number of rotatable bonds is 5. The molecule has 0 bridgehead atoms. The Balaban J connectivity index is 2.01. The first-order valence-corrected chi connectivity index (χ1v) is 8.15. The molecule has 6 nitrogen and oxygen atoms in total. The van der Waals surface area contributed by atoms with Gasteiger partial charge in [0, 0.05) is 23.8 Å². The molecule has 1 aromatic carbocycles. The molecule has 0 aliphatic rings. The molecule has 0 radical (unpaired) electrons. The minimum atomic E-state index is -0.324. The third-order valence-corrected chi connectivity index (χ3v) is 4.40. The second kappa shape index (κ2) is 7.73. The van der Waals surface area contributed by atoms with Crippen molar-refractivity contribution in [1.82, 2.24) is 15.6 Å². The summed E-state index contributed by atoms with van der Waals surface area (Å²) >= 11 is 1.51. The van der Waals surface area contributed by atoms with E-state index in [2.05, 4.69) is 20.9 Å². The highest BCUT2D eigenvalue weighted by molar-refractivity contribution is 7.09. The van der Waals surface area contributed by atoms with Crippen LogP contribution in [0.2, 0.25) is 0 Å². The van der Waals surface area contributed by atoms with Crippen molar-refractivity contribution in [3.05, 3.63) is 45.9 Å². The first-order valence-electron chi connectivity index (χ1n) is 7.27. The Morgan fingerprint density at radius 3 is 2.70 bits per heavy atom. The molecule has 2 rings (SSSR count). The Labute approximate surface area is 139 Å². The number of para-hydroxylation sites is 1. The summed E-state index contributed by atoms with van der Waals surface area (Å²) in [5, 5.41) is 11.0. The molecule has 0 saturated heterocycles. The lowest BCUT2D eigenvalue weighted by Crippen LogP contribution is -2.31. The summed E-state index contributed by atoms with van der Waals surface area (Å²) in [5.41, 5.74) is 2.32. The molecule has 0 fully saturated rings. The normalized spacial score (nSPS) is 11.6. The fourth-order valence-corrected chi connectivity index (χ4v) is 2.85. The molecule has 0 aliphatic carbocycles. The minimum absolute atomic E-state index is 0.105. The van der Waals surface area contributed by atoms with Gasteiger partial charge in [-0.1, -0.05) is 18.2 Å². The van der Waals surface area contributed by atoms with Gasteiger partial charge in [0.05, 0.1) is 12.5 Å². The molecule has 23 heavy (non-hydrogen) atoms. The summed E-state index contributed by atoms with van der Waals surface area (Å²) < 4.78 is 0. The van der Waals surface area contributed by atoms with Gasteiger partial charge in [-0.2, -0.15) is 0 Å². The van der Waals surface area contributed by atoms with Crippen molar-refractivity contribution in [1.29, 1.82) is 0 Å². The van der Waals surface area contributed by atoms with Crippen molar-refractivity contribution in [2.75, 3.05) is 12.4 Å². The zero-order chi connectivity index (χ0) is 16.8. The number of nitrogens with zero attached hydrogens (tertiary/aromatic N) is 1. The van der Waals surface area contributed by atoms with Gasteiger partial charge in [-0.05, 0) is 25.5 Å². The number of thiazole rings is 1. The van der Waals surface area contributed by atoms with Crippen LogP contribution in [-0.4, -0.2) is 24.0 Å². The Hall–Kier alpha value is -2.41. The van der Waals surface area contributed by atoms with Crippen LogP contribution in [0.25, 0.3) is 0 Å². The molecule has 0 aliphatic heterocycles. The maximum absolute atomic E-state index is 12.2. The number of amides is 3. The number of benzene rings is 1. The molecular formula is C16H20N4O2S. The molecule has 0 saturated carbocycles. The maximum Gasteiger partial charge on any atom is 0.319 e. The molecule has 1 heterocycles. The predicted molar refractivity (Wildman–Crippen MR) is 91.6 cm³/mol. The summed E-state index contributed by atoms with van der Waals surface area (Å²) in [5.74, 6) is -0.105. The minimum Gasteiger partial charge on any atom is -0.359 e. The molecule has 2 aromatic rings. The number of hydrogen-bond acceptors (Lipinski definition) is 4. The molecule has 3 N–H and O–H groups in total. The average Bonchev–Trinajstić information content (AvgIpc) is 2.95. The SMILES string of the molecule is CNC(=O)Cc1ccccc1NC(=O)N[C@@H](C)c1nc(C)cs1. The van der Waals surface area contributed by atoms with Crippen LogP contribution in [0, 0.1) is 6.92 Å². The smallest absolute Gasteiger partial charge is 0.319 e. The Morgan fingerprint density at radius 2 is 2.04 bits per heavy atom. The highest BCUT2D eigenvalue weighted by Gasteiger charge is 2.14. The van der Waals surface area contributed by atoms with Crippen molar-refractivity contribution in [3.63, 3.8) is 0 Å². The molecule has 1 atom stereocenters. The zero-order valence-electron chi connectivity index (χ0n) is 13.3. The summed E-state index contributed by atoms with van der Waals surface area (Å²) in [4.78, 5) is 28.1. The Morgan fingerprint density at radius 1 is 1.30 bits per heavy atom. The molecule has 122 valence electrons. The van der Waals surface area contributed by atoms with Gasteiger partial charge in [0.25, 0.3) is 0 Å². The predicted octanol–water partition coefficient (Wildman–Crippen LogP) is 2.62. The van der Waals surface area contributed by atoms with Crippen molar-refractivity contribution in [3.8, 4) is 0 Å². The maximum atomic E-state index is 12.2. The second-order valence-electron chi connectivity index (χ2n) is 5.15. The first kappa shape index (κ1) is 17.0. The van der Waals surface area contributed by atoms with Crippen molar-refractivity contribution < 1.29 is 9.59 Å². The van der Waals surface area contributed by atoms with E-state index >= 15 is 0 Å². The number of carbonyl (C=O) groups excluding carboxylic acids is 2. The van der Waals surface area contributed by atoms with Gasteiger partial charge in [-0.15, -0.1) is 11.3 Å². The van der Waals surface area contributed by atoms with E-state index in [0.29, 0.717) is 5.69 Å². The van der Waals surface area contributed by atoms with Crippen molar-refractivity contribution in [2.45, 2.75) is 26.3 Å². The fourth-order valence-electron chi connectivity index (χ4n) is 2.05. The van der Waals surface area contributed by atoms with Gasteiger partial charge in [-0.3, -0.25) is 4.79 Å². The van der Waals surface area contributed by atoms with Crippen LogP contribution in [-0.2, 0) is 11.2 Å². The largest absolute Gasteiger partial charge is 0.359 e. The number of hydrogen-bond donors (Lipinski definition) is 3. The molecule has 1 aromatic heterocycles.